The molecule has 1 aromatic rings. The van der Waals surface area contributed by atoms with Crippen molar-refractivity contribution in [2.75, 3.05) is 6.54 Å². The van der Waals surface area contributed by atoms with Gasteiger partial charge in [-0.15, -0.1) is 0 Å². The molecule has 1 rings (SSSR count). The van der Waals surface area contributed by atoms with Crippen LogP contribution in [0.5, 0.6) is 0 Å². The van der Waals surface area contributed by atoms with E-state index in [0.29, 0.717) is 17.1 Å². The van der Waals surface area contributed by atoms with Gasteiger partial charge in [-0.05, 0) is 13.0 Å². The quantitative estimate of drug-likeness (QED) is 0.781. The maximum atomic E-state index is 11.6. The van der Waals surface area contributed by atoms with E-state index in [1.165, 1.54) is 12.4 Å². The molecule has 1 amide bonds. The van der Waals surface area contributed by atoms with Crippen molar-refractivity contribution in [2.45, 2.75) is 13.0 Å². The molecule has 0 saturated carbocycles. The molecule has 14 heavy (non-hydrogen) atoms. The Hall–Kier alpha value is -1.13. The van der Waals surface area contributed by atoms with Crippen molar-refractivity contribution in [2.24, 2.45) is 5.73 Å². The SMILES string of the molecule is C[C@H](CN)NC(=O)c1ccncc1Cl. The molecule has 76 valence electrons. The number of nitrogens with one attached hydrogen (secondary N) is 1. The Balaban J connectivity index is 2.75. The van der Waals surface area contributed by atoms with Crippen molar-refractivity contribution in [1.82, 2.24) is 10.3 Å². The van der Waals surface area contributed by atoms with Crippen molar-refractivity contribution in [3.05, 3.63) is 29.0 Å². The average Bonchev–Trinajstić information content (AvgIpc) is 2.18. The highest BCUT2D eigenvalue weighted by molar-refractivity contribution is 6.33. The normalized spacial score (nSPS) is 12.2. The van der Waals surface area contributed by atoms with Gasteiger partial charge in [-0.25, -0.2) is 0 Å². The molecule has 0 bridgehead atoms. The first kappa shape index (κ1) is 10.9. The lowest BCUT2D eigenvalue weighted by Gasteiger charge is -2.11. The molecule has 0 unspecified atom stereocenters. The molecule has 3 N–H and O–H groups in total. The number of nitrogens with zero attached hydrogens (tertiary/aromatic N) is 1. The Bertz CT molecular complexity index is 330. The summed E-state index contributed by atoms with van der Waals surface area (Å²) in [6.45, 7) is 2.22. The number of hydrogen-bond donors (Lipinski definition) is 2. The summed E-state index contributed by atoms with van der Waals surface area (Å²) in [5.74, 6) is -0.227. The number of nitrogens with two attached hydrogens (primary N) is 1. The van der Waals surface area contributed by atoms with Crippen molar-refractivity contribution in [3.63, 3.8) is 0 Å². The summed E-state index contributed by atoms with van der Waals surface area (Å²) in [6.07, 6.45) is 2.96. The third kappa shape index (κ3) is 2.68. The molecule has 0 radical (unpaired) electrons. The molecule has 0 aliphatic carbocycles. The van der Waals surface area contributed by atoms with Gasteiger partial charge in [0.1, 0.15) is 0 Å². The standard InChI is InChI=1S/C9H12ClN3O/c1-6(4-11)13-9(14)7-2-3-12-5-8(7)10/h2-3,5-6H,4,11H2,1H3,(H,13,14)/t6-/m1/s1. The zero-order valence-corrected chi connectivity index (χ0v) is 8.58. The highest BCUT2D eigenvalue weighted by Crippen LogP contribution is 2.12. The molecule has 0 aliphatic heterocycles. The fourth-order valence-corrected chi connectivity index (χ4v) is 1.12. The third-order valence-electron chi connectivity index (χ3n) is 1.75. The summed E-state index contributed by atoms with van der Waals surface area (Å²) in [4.78, 5) is 15.3. The third-order valence-corrected chi connectivity index (χ3v) is 2.05. The molecular weight excluding hydrogens is 202 g/mol. The number of pyridine rings is 1. The lowest BCUT2D eigenvalue weighted by molar-refractivity contribution is 0.0941. The summed E-state index contributed by atoms with van der Waals surface area (Å²) in [7, 11) is 0. The molecule has 4 nitrogen and oxygen atoms in total. The second-order valence-electron chi connectivity index (χ2n) is 2.97. The van der Waals surface area contributed by atoms with Crippen LogP contribution in [0.25, 0.3) is 0 Å². The van der Waals surface area contributed by atoms with Gasteiger partial charge in [0.15, 0.2) is 0 Å². The zero-order valence-electron chi connectivity index (χ0n) is 7.83. The minimum absolute atomic E-state index is 0.0632. The van der Waals surface area contributed by atoms with Crippen LogP contribution in [0.3, 0.4) is 0 Å². The van der Waals surface area contributed by atoms with E-state index < -0.39 is 0 Å². The van der Waals surface area contributed by atoms with E-state index in [-0.39, 0.29) is 11.9 Å². The Morgan fingerprint density at radius 3 is 3.07 bits per heavy atom. The number of amides is 1. The number of carbonyl (C=O) groups excluding carboxylic acids is 1. The maximum absolute atomic E-state index is 11.6. The van der Waals surface area contributed by atoms with Gasteiger partial charge in [0.25, 0.3) is 5.91 Å². The first-order valence-electron chi connectivity index (χ1n) is 4.25. The lowest BCUT2D eigenvalue weighted by Crippen LogP contribution is -2.37. The second-order valence-corrected chi connectivity index (χ2v) is 3.37. The van der Waals surface area contributed by atoms with Gasteiger partial charge in [-0.1, -0.05) is 11.6 Å². The van der Waals surface area contributed by atoms with Gasteiger partial charge in [0.2, 0.25) is 0 Å². The van der Waals surface area contributed by atoms with Crippen LogP contribution < -0.4 is 11.1 Å². The summed E-state index contributed by atoms with van der Waals surface area (Å²) in [6, 6.07) is 1.51. The van der Waals surface area contributed by atoms with Crippen molar-refractivity contribution >= 4 is 17.5 Å². The number of carbonyl (C=O) groups is 1. The Morgan fingerprint density at radius 1 is 1.79 bits per heavy atom. The number of hydrogen-bond acceptors (Lipinski definition) is 3. The molecule has 0 spiro atoms. The van der Waals surface area contributed by atoms with E-state index >= 15 is 0 Å². The number of aromatic nitrogens is 1. The van der Waals surface area contributed by atoms with Gasteiger partial charge < -0.3 is 11.1 Å². The number of rotatable bonds is 3. The van der Waals surface area contributed by atoms with Crippen LogP contribution in [0.1, 0.15) is 17.3 Å². The molecule has 1 aromatic heterocycles. The first-order chi connectivity index (χ1) is 6.65. The van der Waals surface area contributed by atoms with Crippen LogP contribution in [0.15, 0.2) is 18.5 Å². The monoisotopic (exact) mass is 213 g/mol. The Kier molecular flexibility index (Phi) is 3.85. The van der Waals surface area contributed by atoms with Crippen molar-refractivity contribution in [1.29, 1.82) is 0 Å². The largest absolute Gasteiger partial charge is 0.348 e. The van der Waals surface area contributed by atoms with Gasteiger partial charge in [-0.3, -0.25) is 9.78 Å². The van der Waals surface area contributed by atoms with Gasteiger partial charge in [-0.2, -0.15) is 0 Å². The van der Waals surface area contributed by atoms with Gasteiger partial charge in [0, 0.05) is 25.0 Å². The molecule has 0 aliphatic rings. The van der Waals surface area contributed by atoms with E-state index in [4.69, 9.17) is 17.3 Å². The summed E-state index contributed by atoms with van der Waals surface area (Å²) >= 11 is 5.79. The molecule has 5 heteroatoms. The van der Waals surface area contributed by atoms with Crippen molar-refractivity contribution in [3.8, 4) is 0 Å². The number of halogens is 1. The van der Waals surface area contributed by atoms with E-state index in [2.05, 4.69) is 10.3 Å². The van der Waals surface area contributed by atoms with Crippen molar-refractivity contribution < 1.29 is 4.79 Å². The lowest BCUT2D eigenvalue weighted by atomic mass is 10.2. The van der Waals surface area contributed by atoms with E-state index in [1.54, 1.807) is 6.07 Å². The average molecular weight is 214 g/mol. The molecular formula is C9H12ClN3O. The highest BCUT2D eigenvalue weighted by Gasteiger charge is 2.11. The second kappa shape index (κ2) is 4.93. The fourth-order valence-electron chi connectivity index (χ4n) is 0.920. The Morgan fingerprint density at radius 2 is 2.50 bits per heavy atom. The minimum atomic E-state index is -0.227. The predicted octanol–water partition coefficient (Wildman–Crippen LogP) is 0.812. The van der Waals surface area contributed by atoms with E-state index in [1.807, 2.05) is 6.92 Å². The predicted molar refractivity (Wildman–Crippen MR) is 55.2 cm³/mol. The van der Waals surface area contributed by atoms with Crippen LogP contribution in [0.4, 0.5) is 0 Å². The summed E-state index contributed by atoms with van der Waals surface area (Å²) in [5.41, 5.74) is 5.79. The van der Waals surface area contributed by atoms with E-state index in [9.17, 15) is 4.79 Å². The van der Waals surface area contributed by atoms with Crippen LogP contribution in [-0.2, 0) is 0 Å². The highest BCUT2D eigenvalue weighted by atomic mass is 35.5. The molecule has 1 heterocycles. The van der Waals surface area contributed by atoms with Gasteiger partial charge in [0.05, 0.1) is 10.6 Å². The zero-order chi connectivity index (χ0) is 10.6. The smallest absolute Gasteiger partial charge is 0.253 e. The molecule has 0 fully saturated rings. The van der Waals surface area contributed by atoms with Gasteiger partial charge >= 0.3 is 0 Å². The minimum Gasteiger partial charge on any atom is -0.348 e. The topological polar surface area (TPSA) is 68.0 Å². The molecule has 0 saturated heterocycles. The van der Waals surface area contributed by atoms with Crippen LogP contribution in [0, 0.1) is 0 Å². The fraction of sp³-hybridized carbons (Fsp3) is 0.333. The summed E-state index contributed by atoms with van der Waals surface area (Å²) < 4.78 is 0. The maximum Gasteiger partial charge on any atom is 0.253 e. The van der Waals surface area contributed by atoms with E-state index in [0.717, 1.165) is 0 Å². The molecule has 1 atom stereocenters. The van der Waals surface area contributed by atoms with Crippen LogP contribution in [0.2, 0.25) is 5.02 Å². The molecule has 0 aromatic carbocycles. The first-order valence-corrected chi connectivity index (χ1v) is 4.63. The van der Waals surface area contributed by atoms with Crippen LogP contribution >= 0.6 is 11.6 Å². The Labute approximate surface area is 87.5 Å². The summed E-state index contributed by atoms with van der Waals surface area (Å²) in [5, 5.41) is 3.05. The van der Waals surface area contributed by atoms with Crippen LogP contribution in [-0.4, -0.2) is 23.5 Å².